The lowest BCUT2D eigenvalue weighted by atomic mass is 10.1. The molecule has 0 unspecified atom stereocenters. The van der Waals surface area contributed by atoms with E-state index in [2.05, 4.69) is 20.4 Å². The van der Waals surface area contributed by atoms with Gasteiger partial charge < -0.3 is 9.84 Å². The van der Waals surface area contributed by atoms with Crippen molar-refractivity contribution >= 4 is 11.6 Å². The molecule has 1 N–H and O–H groups in total. The molecule has 3 aromatic rings. The van der Waals surface area contributed by atoms with Gasteiger partial charge in [-0.1, -0.05) is 17.3 Å². The summed E-state index contributed by atoms with van der Waals surface area (Å²) in [5.74, 6) is 0.836. The first-order valence-electron chi connectivity index (χ1n) is 7.72. The maximum atomic E-state index is 12.1. The van der Waals surface area contributed by atoms with E-state index in [0.717, 1.165) is 22.4 Å². The minimum atomic E-state index is -0.0789. The van der Waals surface area contributed by atoms with E-state index >= 15 is 0 Å². The van der Waals surface area contributed by atoms with Crippen molar-refractivity contribution in [2.75, 3.05) is 5.32 Å². The molecular weight excluding hydrogens is 304 g/mol. The molecule has 0 bridgehead atoms. The van der Waals surface area contributed by atoms with Crippen LogP contribution in [0.25, 0.3) is 11.4 Å². The number of hydrogen-bond acceptors (Lipinski definition) is 5. The van der Waals surface area contributed by atoms with Crippen molar-refractivity contribution in [2.45, 2.75) is 26.7 Å². The van der Waals surface area contributed by atoms with Gasteiger partial charge in [-0.15, -0.1) is 0 Å². The van der Waals surface area contributed by atoms with Crippen LogP contribution < -0.4 is 5.32 Å². The minimum Gasteiger partial charge on any atom is -0.339 e. The zero-order chi connectivity index (χ0) is 16.9. The normalized spacial score (nSPS) is 10.6. The van der Waals surface area contributed by atoms with Gasteiger partial charge in [-0.3, -0.25) is 9.78 Å². The van der Waals surface area contributed by atoms with Crippen LogP contribution in [0.1, 0.15) is 23.4 Å². The number of nitrogens with zero attached hydrogens (tertiary/aromatic N) is 3. The van der Waals surface area contributed by atoms with Crippen molar-refractivity contribution in [1.82, 2.24) is 15.1 Å². The van der Waals surface area contributed by atoms with Gasteiger partial charge in [0.25, 0.3) is 0 Å². The summed E-state index contributed by atoms with van der Waals surface area (Å²) in [5, 5.41) is 6.84. The Bertz CT molecular complexity index is 843. The average Bonchev–Trinajstić information content (AvgIpc) is 3.07. The lowest BCUT2D eigenvalue weighted by Gasteiger charge is -2.09. The Morgan fingerprint density at radius 2 is 2.08 bits per heavy atom. The van der Waals surface area contributed by atoms with Crippen molar-refractivity contribution in [2.24, 2.45) is 0 Å². The van der Waals surface area contributed by atoms with Gasteiger partial charge in [-0.2, -0.15) is 4.98 Å². The van der Waals surface area contributed by atoms with E-state index in [9.17, 15) is 4.79 Å². The molecule has 122 valence electrons. The molecule has 0 atom stereocenters. The molecule has 0 fully saturated rings. The van der Waals surface area contributed by atoms with Crippen LogP contribution in [-0.2, 0) is 11.2 Å². The molecule has 2 aromatic heterocycles. The third kappa shape index (κ3) is 3.65. The van der Waals surface area contributed by atoms with Crippen molar-refractivity contribution in [3.05, 3.63) is 59.7 Å². The second kappa shape index (κ2) is 7.04. The Morgan fingerprint density at radius 1 is 1.21 bits per heavy atom. The van der Waals surface area contributed by atoms with Crippen molar-refractivity contribution in [1.29, 1.82) is 0 Å². The summed E-state index contributed by atoms with van der Waals surface area (Å²) in [6.07, 6.45) is 4.02. The standard InChI is InChI=1S/C18H18N4O2/c1-12-5-3-7-15(13(12)2)20-16(23)8-9-17-21-18(22-24-17)14-6-4-10-19-11-14/h3-7,10-11H,8-9H2,1-2H3,(H,20,23). The highest BCUT2D eigenvalue weighted by Gasteiger charge is 2.11. The minimum absolute atomic E-state index is 0.0789. The first-order valence-corrected chi connectivity index (χ1v) is 7.72. The number of carbonyl (C=O) groups is 1. The Morgan fingerprint density at radius 3 is 2.88 bits per heavy atom. The molecule has 1 aromatic carbocycles. The average molecular weight is 322 g/mol. The van der Waals surface area contributed by atoms with Crippen LogP contribution in [0.4, 0.5) is 5.69 Å². The number of hydrogen-bond donors (Lipinski definition) is 1. The molecule has 0 saturated heterocycles. The molecule has 0 radical (unpaired) electrons. The number of amides is 1. The molecule has 0 aliphatic heterocycles. The maximum Gasteiger partial charge on any atom is 0.227 e. The van der Waals surface area contributed by atoms with Crippen LogP contribution in [0.15, 0.2) is 47.2 Å². The predicted molar refractivity (Wildman–Crippen MR) is 90.4 cm³/mol. The fourth-order valence-electron chi connectivity index (χ4n) is 2.29. The third-order valence-corrected chi connectivity index (χ3v) is 3.83. The number of nitrogens with one attached hydrogen (secondary N) is 1. The molecule has 0 saturated carbocycles. The SMILES string of the molecule is Cc1cccc(NC(=O)CCc2nc(-c3cccnc3)no2)c1C. The first-order chi connectivity index (χ1) is 11.6. The Labute approximate surface area is 139 Å². The van der Waals surface area contributed by atoms with Gasteiger partial charge in [-0.05, 0) is 43.2 Å². The smallest absolute Gasteiger partial charge is 0.227 e. The molecule has 3 rings (SSSR count). The molecule has 1 amide bonds. The van der Waals surface area contributed by atoms with Gasteiger partial charge in [0, 0.05) is 36.5 Å². The van der Waals surface area contributed by atoms with Crippen molar-refractivity contribution < 1.29 is 9.32 Å². The molecule has 0 aliphatic carbocycles. The molecule has 6 heteroatoms. The van der Waals surface area contributed by atoms with Gasteiger partial charge in [0.1, 0.15) is 0 Å². The van der Waals surface area contributed by atoms with Gasteiger partial charge in [-0.25, -0.2) is 0 Å². The largest absolute Gasteiger partial charge is 0.339 e. The number of pyridine rings is 1. The topological polar surface area (TPSA) is 80.9 Å². The van der Waals surface area contributed by atoms with E-state index in [1.165, 1.54) is 0 Å². The summed E-state index contributed by atoms with van der Waals surface area (Å²) < 4.78 is 5.19. The van der Waals surface area contributed by atoms with Crippen molar-refractivity contribution in [3.63, 3.8) is 0 Å². The van der Waals surface area contributed by atoms with Gasteiger partial charge in [0.2, 0.25) is 17.6 Å². The number of rotatable bonds is 5. The number of aryl methyl sites for hydroxylation is 2. The zero-order valence-electron chi connectivity index (χ0n) is 13.6. The number of aromatic nitrogens is 3. The van der Waals surface area contributed by atoms with Crippen LogP contribution in [0.5, 0.6) is 0 Å². The quantitative estimate of drug-likeness (QED) is 0.779. The van der Waals surface area contributed by atoms with Gasteiger partial charge in [0.15, 0.2) is 0 Å². The Hall–Kier alpha value is -3.02. The number of benzene rings is 1. The van der Waals surface area contributed by atoms with Crippen molar-refractivity contribution in [3.8, 4) is 11.4 Å². The van der Waals surface area contributed by atoms with E-state index in [4.69, 9.17) is 4.52 Å². The zero-order valence-corrected chi connectivity index (χ0v) is 13.6. The maximum absolute atomic E-state index is 12.1. The van der Waals surface area contributed by atoms with Crippen LogP contribution in [0.2, 0.25) is 0 Å². The number of anilines is 1. The first kappa shape index (κ1) is 15.9. The molecular formula is C18H18N4O2. The third-order valence-electron chi connectivity index (χ3n) is 3.83. The summed E-state index contributed by atoms with van der Waals surface area (Å²) in [7, 11) is 0. The Balaban J connectivity index is 1.59. The summed E-state index contributed by atoms with van der Waals surface area (Å²) in [5.41, 5.74) is 3.84. The second-order valence-corrected chi connectivity index (χ2v) is 5.55. The molecule has 0 spiro atoms. The summed E-state index contributed by atoms with van der Waals surface area (Å²) >= 11 is 0. The van der Waals surface area contributed by atoms with Crippen LogP contribution in [0, 0.1) is 13.8 Å². The van der Waals surface area contributed by atoms with Crippen LogP contribution in [-0.4, -0.2) is 21.0 Å². The molecule has 2 heterocycles. The van der Waals surface area contributed by atoms with E-state index in [1.807, 2.05) is 44.2 Å². The van der Waals surface area contributed by atoms with E-state index in [1.54, 1.807) is 12.4 Å². The summed E-state index contributed by atoms with van der Waals surface area (Å²) in [6.45, 7) is 4.01. The highest BCUT2D eigenvalue weighted by Crippen LogP contribution is 2.18. The summed E-state index contributed by atoms with van der Waals surface area (Å²) in [6, 6.07) is 9.50. The molecule has 24 heavy (non-hydrogen) atoms. The van der Waals surface area contributed by atoms with Gasteiger partial charge in [0.05, 0.1) is 0 Å². The monoisotopic (exact) mass is 322 g/mol. The predicted octanol–water partition coefficient (Wildman–Crippen LogP) is 3.32. The van der Waals surface area contributed by atoms with Crippen LogP contribution >= 0.6 is 0 Å². The molecule has 0 aliphatic rings. The Kier molecular flexibility index (Phi) is 4.65. The lowest BCUT2D eigenvalue weighted by Crippen LogP contribution is -2.13. The van der Waals surface area contributed by atoms with Crippen LogP contribution in [0.3, 0.4) is 0 Å². The molecule has 6 nitrogen and oxygen atoms in total. The highest BCUT2D eigenvalue weighted by molar-refractivity contribution is 5.91. The van der Waals surface area contributed by atoms with E-state index in [-0.39, 0.29) is 12.3 Å². The lowest BCUT2D eigenvalue weighted by molar-refractivity contribution is -0.116. The van der Waals surface area contributed by atoms with E-state index in [0.29, 0.717) is 18.1 Å². The summed E-state index contributed by atoms with van der Waals surface area (Å²) in [4.78, 5) is 20.4. The number of carbonyl (C=O) groups excluding carboxylic acids is 1. The fraction of sp³-hybridized carbons (Fsp3) is 0.222. The fourth-order valence-corrected chi connectivity index (χ4v) is 2.29. The highest BCUT2D eigenvalue weighted by atomic mass is 16.5. The second-order valence-electron chi connectivity index (χ2n) is 5.55. The van der Waals surface area contributed by atoms with E-state index < -0.39 is 0 Å². The van der Waals surface area contributed by atoms with Gasteiger partial charge >= 0.3 is 0 Å².